The van der Waals surface area contributed by atoms with E-state index in [-0.39, 0.29) is 22.5 Å². The fourth-order valence-corrected chi connectivity index (χ4v) is 5.85. The Labute approximate surface area is 198 Å². The first-order chi connectivity index (χ1) is 16.4. The van der Waals surface area contributed by atoms with Crippen LogP contribution in [0.1, 0.15) is 35.6 Å². The number of likely N-dealkylation sites (tertiary alicyclic amines) is 1. The molecule has 3 aromatic carbocycles. The lowest BCUT2D eigenvalue weighted by atomic mass is 9.94. The zero-order valence-electron chi connectivity index (χ0n) is 18.4. The van der Waals surface area contributed by atoms with Gasteiger partial charge in [-0.3, -0.25) is 4.79 Å². The predicted molar refractivity (Wildman–Crippen MR) is 127 cm³/mol. The van der Waals surface area contributed by atoms with Crippen molar-refractivity contribution >= 4 is 21.8 Å². The molecule has 2 unspecified atom stereocenters. The normalized spacial score (nSPS) is 19.7. The third-order valence-electron chi connectivity index (χ3n) is 6.33. The molecule has 1 fully saturated rings. The Bertz CT molecular complexity index is 1340. The highest BCUT2D eigenvalue weighted by atomic mass is 32.2. The summed E-state index contributed by atoms with van der Waals surface area (Å²) >= 11 is 0. The lowest BCUT2D eigenvalue weighted by Crippen LogP contribution is -2.46. The molecule has 0 aromatic heterocycles. The highest BCUT2D eigenvalue weighted by Crippen LogP contribution is 2.30. The maximum absolute atomic E-state index is 13.5. The van der Waals surface area contributed by atoms with Crippen LogP contribution in [-0.4, -0.2) is 38.2 Å². The first kappa shape index (κ1) is 22.3. The number of carbonyl (C=O) groups is 1. The number of hydrogen-bond acceptors (Lipinski definition) is 4. The van der Waals surface area contributed by atoms with E-state index in [9.17, 15) is 17.6 Å². The minimum Gasteiger partial charge on any atom is -0.355 e. The van der Waals surface area contributed by atoms with Crippen molar-refractivity contribution in [1.29, 1.82) is 0 Å². The Morgan fingerprint density at radius 2 is 1.65 bits per heavy atom. The van der Waals surface area contributed by atoms with Crippen LogP contribution in [0.15, 0.2) is 88.2 Å². The number of piperidine rings is 1. The molecule has 8 heteroatoms. The molecular formula is C26H24FN3O3S. The van der Waals surface area contributed by atoms with Gasteiger partial charge in [-0.15, -0.1) is 4.40 Å². The third-order valence-corrected chi connectivity index (χ3v) is 7.65. The Kier molecular flexibility index (Phi) is 5.91. The zero-order valence-corrected chi connectivity index (χ0v) is 19.2. The number of sulfonamides is 1. The Morgan fingerprint density at radius 3 is 2.41 bits per heavy atom. The molecule has 6 nitrogen and oxygen atoms in total. The van der Waals surface area contributed by atoms with Gasteiger partial charge in [-0.25, -0.2) is 4.39 Å². The fourth-order valence-electron chi connectivity index (χ4n) is 4.62. The standard InChI is InChI=1S/C26H24FN3O3S/c27-21-14-12-19(13-15-21)24(18-7-2-1-3-8-18)28-26(31)20-9-6-16-30(17-20)25-22-10-4-5-11-23(22)34(32,33)29-25/h1-5,7-8,10-15,20,24H,6,9,16-17H2,(H,28,31). The number of amides is 1. The van der Waals surface area contributed by atoms with Gasteiger partial charge in [-0.05, 0) is 48.2 Å². The molecule has 3 aromatic rings. The van der Waals surface area contributed by atoms with Gasteiger partial charge in [0.05, 0.1) is 12.0 Å². The second-order valence-corrected chi connectivity index (χ2v) is 10.1. The van der Waals surface area contributed by atoms with Crippen LogP contribution in [0.5, 0.6) is 0 Å². The van der Waals surface area contributed by atoms with E-state index in [1.54, 1.807) is 36.4 Å². The largest absolute Gasteiger partial charge is 0.355 e. The number of nitrogens with one attached hydrogen (secondary N) is 1. The molecule has 34 heavy (non-hydrogen) atoms. The van der Waals surface area contributed by atoms with E-state index in [0.29, 0.717) is 30.9 Å². The van der Waals surface area contributed by atoms with Crippen LogP contribution in [0, 0.1) is 11.7 Å². The summed E-state index contributed by atoms with van der Waals surface area (Å²) in [6.07, 6.45) is 1.43. The number of amidine groups is 1. The molecule has 0 spiro atoms. The molecule has 1 N–H and O–H groups in total. The molecule has 2 aliphatic heterocycles. The minimum atomic E-state index is -3.72. The highest BCUT2D eigenvalue weighted by Gasteiger charge is 2.35. The summed E-state index contributed by atoms with van der Waals surface area (Å²) in [5, 5.41) is 3.14. The van der Waals surface area contributed by atoms with Crippen LogP contribution in [-0.2, 0) is 14.8 Å². The van der Waals surface area contributed by atoms with Gasteiger partial charge in [0.25, 0.3) is 10.0 Å². The third kappa shape index (κ3) is 4.33. The number of rotatable bonds is 4. The molecule has 1 amide bonds. The van der Waals surface area contributed by atoms with Gasteiger partial charge in [-0.2, -0.15) is 8.42 Å². The van der Waals surface area contributed by atoms with Crippen molar-refractivity contribution in [2.24, 2.45) is 10.3 Å². The summed E-state index contributed by atoms with van der Waals surface area (Å²) in [5.41, 5.74) is 2.26. The summed E-state index contributed by atoms with van der Waals surface area (Å²) in [6, 6.07) is 22.0. The molecule has 0 bridgehead atoms. The van der Waals surface area contributed by atoms with E-state index < -0.39 is 16.1 Å². The van der Waals surface area contributed by atoms with Crippen molar-refractivity contribution < 1.29 is 17.6 Å². The average Bonchev–Trinajstić information content (AvgIpc) is 3.15. The van der Waals surface area contributed by atoms with Gasteiger partial charge in [0.15, 0.2) is 5.84 Å². The van der Waals surface area contributed by atoms with E-state index in [2.05, 4.69) is 9.71 Å². The number of hydrogen-bond donors (Lipinski definition) is 1. The van der Waals surface area contributed by atoms with Crippen molar-refractivity contribution in [2.45, 2.75) is 23.8 Å². The number of benzene rings is 3. The molecule has 2 atom stereocenters. The van der Waals surface area contributed by atoms with Crippen LogP contribution >= 0.6 is 0 Å². The first-order valence-electron chi connectivity index (χ1n) is 11.2. The molecule has 0 aliphatic carbocycles. The quantitative estimate of drug-likeness (QED) is 0.618. The maximum atomic E-state index is 13.5. The van der Waals surface area contributed by atoms with E-state index in [1.807, 2.05) is 35.2 Å². The summed E-state index contributed by atoms with van der Waals surface area (Å²) in [7, 11) is -3.72. The molecule has 1 saturated heterocycles. The molecule has 2 aliphatic rings. The van der Waals surface area contributed by atoms with Crippen LogP contribution in [0.3, 0.4) is 0 Å². The van der Waals surface area contributed by atoms with Crippen molar-refractivity contribution in [3.05, 3.63) is 101 Å². The topological polar surface area (TPSA) is 78.8 Å². The van der Waals surface area contributed by atoms with Crippen LogP contribution in [0.2, 0.25) is 0 Å². The predicted octanol–water partition coefficient (Wildman–Crippen LogP) is 3.89. The second kappa shape index (κ2) is 9.02. The monoisotopic (exact) mass is 477 g/mol. The lowest BCUT2D eigenvalue weighted by molar-refractivity contribution is -0.126. The van der Waals surface area contributed by atoms with Gasteiger partial charge in [0, 0.05) is 18.7 Å². The molecule has 174 valence electrons. The van der Waals surface area contributed by atoms with Gasteiger partial charge in [0.2, 0.25) is 5.91 Å². The highest BCUT2D eigenvalue weighted by molar-refractivity contribution is 7.90. The second-order valence-electron chi connectivity index (χ2n) is 8.58. The first-order valence-corrected chi connectivity index (χ1v) is 12.7. The molecule has 0 saturated carbocycles. The number of halogens is 1. The smallest absolute Gasteiger partial charge is 0.285 e. The number of carbonyl (C=O) groups excluding carboxylic acids is 1. The van der Waals surface area contributed by atoms with E-state index in [1.165, 1.54) is 12.1 Å². The number of fused-ring (bicyclic) bond motifs is 1. The van der Waals surface area contributed by atoms with Crippen LogP contribution < -0.4 is 5.32 Å². The van der Waals surface area contributed by atoms with E-state index >= 15 is 0 Å². The molecule has 0 radical (unpaired) electrons. The Hall–Kier alpha value is -3.52. The molecule has 2 heterocycles. The molecular weight excluding hydrogens is 453 g/mol. The zero-order chi connectivity index (χ0) is 23.7. The minimum absolute atomic E-state index is 0.127. The van der Waals surface area contributed by atoms with Gasteiger partial charge in [0.1, 0.15) is 10.7 Å². The fraction of sp³-hybridized carbons (Fsp3) is 0.231. The summed E-state index contributed by atoms with van der Waals surface area (Å²) < 4.78 is 42.5. The summed E-state index contributed by atoms with van der Waals surface area (Å²) in [5.74, 6) is -0.389. The van der Waals surface area contributed by atoms with Crippen molar-refractivity contribution in [2.75, 3.05) is 13.1 Å². The maximum Gasteiger partial charge on any atom is 0.285 e. The Morgan fingerprint density at radius 1 is 0.971 bits per heavy atom. The van der Waals surface area contributed by atoms with Gasteiger partial charge >= 0.3 is 0 Å². The van der Waals surface area contributed by atoms with E-state index in [0.717, 1.165) is 17.5 Å². The SMILES string of the molecule is O=C(NC(c1ccccc1)c1ccc(F)cc1)C1CCCN(C2=NS(=O)(=O)c3ccccc32)C1. The Balaban J connectivity index is 1.37. The average molecular weight is 478 g/mol. The van der Waals surface area contributed by atoms with Crippen molar-refractivity contribution in [3.8, 4) is 0 Å². The van der Waals surface area contributed by atoms with Gasteiger partial charge in [-0.1, -0.05) is 54.6 Å². The van der Waals surface area contributed by atoms with Crippen molar-refractivity contribution in [1.82, 2.24) is 10.2 Å². The van der Waals surface area contributed by atoms with Crippen molar-refractivity contribution in [3.63, 3.8) is 0 Å². The van der Waals surface area contributed by atoms with Gasteiger partial charge < -0.3 is 10.2 Å². The van der Waals surface area contributed by atoms with Crippen LogP contribution in [0.4, 0.5) is 4.39 Å². The molecule has 5 rings (SSSR count). The lowest BCUT2D eigenvalue weighted by Gasteiger charge is -2.34. The summed E-state index contributed by atoms with van der Waals surface area (Å²) in [6.45, 7) is 1.01. The number of nitrogens with zero attached hydrogens (tertiary/aromatic N) is 2. The van der Waals surface area contributed by atoms with Crippen LogP contribution in [0.25, 0.3) is 0 Å². The summed E-state index contributed by atoms with van der Waals surface area (Å²) in [4.78, 5) is 15.5. The van der Waals surface area contributed by atoms with E-state index in [4.69, 9.17) is 0 Å².